The van der Waals surface area contributed by atoms with Crippen molar-refractivity contribution in [3.63, 3.8) is 0 Å². The predicted molar refractivity (Wildman–Crippen MR) is 118 cm³/mol. The Labute approximate surface area is 179 Å². The van der Waals surface area contributed by atoms with E-state index in [2.05, 4.69) is 20.5 Å². The van der Waals surface area contributed by atoms with Gasteiger partial charge < -0.3 is 15.5 Å². The van der Waals surface area contributed by atoms with E-state index in [1.807, 2.05) is 42.5 Å². The van der Waals surface area contributed by atoms with E-state index >= 15 is 0 Å². The van der Waals surface area contributed by atoms with Gasteiger partial charge in [0.2, 0.25) is 0 Å². The molecule has 1 aliphatic heterocycles. The molecule has 0 radical (unpaired) electrons. The van der Waals surface area contributed by atoms with Crippen molar-refractivity contribution in [1.82, 2.24) is 10.3 Å². The van der Waals surface area contributed by atoms with Gasteiger partial charge in [-0.1, -0.05) is 53.5 Å². The minimum absolute atomic E-state index is 0.157. The molecule has 0 unspecified atom stereocenters. The topological polar surface area (TPSA) is 57.3 Å². The summed E-state index contributed by atoms with van der Waals surface area (Å²) in [6.45, 7) is 2.59. The lowest BCUT2D eigenvalue weighted by Crippen LogP contribution is -2.34. The van der Waals surface area contributed by atoms with Gasteiger partial charge in [0, 0.05) is 42.4 Å². The number of carbonyl (C=O) groups excluding carboxylic acids is 1. The maximum Gasteiger partial charge on any atom is 0.253 e. The number of nitrogens with one attached hydrogen (secondary N) is 2. The third-order valence-corrected chi connectivity index (χ3v) is 5.41. The molecule has 0 saturated heterocycles. The molecule has 0 bridgehead atoms. The lowest BCUT2D eigenvalue weighted by atomic mass is 10.1. The minimum atomic E-state index is -0.157. The highest BCUT2D eigenvalue weighted by Gasteiger charge is 2.21. The van der Waals surface area contributed by atoms with Crippen LogP contribution in [0.4, 0.5) is 11.5 Å². The van der Waals surface area contributed by atoms with E-state index in [0.717, 1.165) is 35.7 Å². The first-order chi connectivity index (χ1) is 14.1. The largest absolute Gasteiger partial charge is 0.367 e. The molecule has 148 valence electrons. The first-order valence-electron chi connectivity index (χ1n) is 9.35. The molecular weight excluding hydrogens is 407 g/mol. The van der Waals surface area contributed by atoms with Crippen LogP contribution in [0.1, 0.15) is 21.5 Å². The van der Waals surface area contributed by atoms with Crippen LogP contribution in [-0.2, 0) is 13.1 Å². The Kier molecular flexibility index (Phi) is 5.88. The second kappa shape index (κ2) is 8.72. The van der Waals surface area contributed by atoms with E-state index in [0.29, 0.717) is 28.7 Å². The van der Waals surface area contributed by atoms with Gasteiger partial charge in [-0.3, -0.25) is 4.79 Å². The number of hydrogen-bond acceptors (Lipinski definition) is 4. The van der Waals surface area contributed by atoms with E-state index in [1.54, 1.807) is 18.3 Å². The number of nitrogens with zero attached hydrogens (tertiary/aromatic N) is 2. The molecule has 2 N–H and O–H groups in total. The van der Waals surface area contributed by atoms with Gasteiger partial charge in [0.25, 0.3) is 5.91 Å². The van der Waals surface area contributed by atoms with Crippen LogP contribution in [0.5, 0.6) is 0 Å². The summed E-state index contributed by atoms with van der Waals surface area (Å²) in [4.78, 5) is 19.3. The van der Waals surface area contributed by atoms with Crippen molar-refractivity contribution in [2.75, 3.05) is 23.3 Å². The number of benzene rings is 2. The molecule has 1 aliphatic rings. The molecule has 0 fully saturated rings. The maximum atomic E-state index is 12.6. The van der Waals surface area contributed by atoms with Crippen molar-refractivity contribution >= 4 is 40.6 Å². The molecule has 0 saturated carbocycles. The number of amides is 1. The predicted octanol–water partition coefficient (Wildman–Crippen LogP) is 4.75. The smallest absolute Gasteiger partial charge is 0.253 e. The summed E-state index contributed by atoms with van der Waals surface area (Å²) in [6.07, 6.45) is 1.60. The number of halogens is 2. The number of pyridine rings is 1. The molecule has 5 nitrogen and oxygen atoms in total. The van der Waals surface area contributed by atoms with Gasteiger partial charge in [-0.05, 0) is 35.4 Å². The number of fused-ring (bicyclic) bond motifs is 1. The first kappa shape index (κ1) is 19.6. The lowest BCUT2D eigenvalue weighted by molar-refractivity contribution is 0.0950. The van der Waals surface area contributed by atoms with Crippen LogP contribution < -0.4 is 15.5 Å². The molecule has 0 atom stereocenters. The van der Waals surface area contributed by atoms with Crippen molar-refractivity contribution in [2.24, 2.45) is 0 Å². The second-order valence-corrected chi connectivity index (χ2v) is 7.69. The summed E-state index contributed by atoms with van der Waals surface area (Å²) in [7, 11) is 0. The molecule has 4 rings (SSSR count). The number of carbonyl (C=O) groups is 1. The third kappa shape index (κ3) is 4.63. The molecule has 2 heterocycles. The zero-order chi connectivity index (χ0) is 20.2. The Morgan fingerprint density at radius 1 is 1.14 bits per heavy atom. The van der Waals surface area contributed by atoms with Crippen LogP contribution in [-0.4, -0.2) is 24.0 Å². The molecule has 0 aliphatic carbocycles. The van der Waals surface area contributed by atoms with Gasteiger partial charge in [-0.15, -0.1) is 0 Å². The summed E-state index contributed by atoms with van der Waals surface area (Å²) < 4.78 is 0. The fourth-order valence-electron chi connectivity index (χ4n) is 3.30. The van der Waals surface area contributed by atoms with Crippen LogP contribution in [0.3, 0.4) is 0 Å². The molecule has 1 amide bonds. The fraction of sp³-hybridized carbons (Fsp3) is 0.182. The second-order valence-electron chi connectivity index (χ2n) is 6.84. The molecular formula is C22H20Cl2N4O. The zero-order valence-corrected chi connectivity index (χ0v) is 17.2. The summed E-state index contributed by atoms with van der Waals surface area (Å²) in [5, 5.41) is 7.54. The van der Waals surface area contributed by atoms with E-state index in [9.17, 15) is 4.79 Å². The van der Waals surface area contributed by atoms with Gasteiger partial charge >= 0.3 is 0 Å². The lowest BCUT2D eigenvalue weighted by Gasteiger charge is -2.32. The van der Waals surface area contributed by atoms with Crippen molar-refractivity contribution < 1.29 is 4.79 Å². The first-order valence-corrected chi connectivity index (χ1v) is 10.1. The number of anilines is 2. The van der Waals surface area contributed by atoms with E-state index in [-0.39, 0.29) is 5.91 Å². The van der Waals surface area contributed by atoms with Crippen LogP contribution >= 0.6 is 23.2 Å². The number of hydrogen-bond donors (Lipinski definition) is 2. The van der Waals surface area contributed by atoms with Crippen molar-refractivity contribution in [2.45, 2.75) is 13.1 Å². The minimum Gasteiger partial charge on any atom is -0.367 e. The highest BCUT2D eigenvalue weighted by atomic mass is 35.5. The average molecular weight is 427 g/mol. The van der Waals surface area contributed by atoms with Crippen molar-refractivity contribution in [1.29, 1.82) is 0 Å². The standard InChI is InChI=1S/C22H20Cl2N4O/c23-18-6-7-19(24)17(10-18)14-28-9-8-25-21-20(28)11-16(13-26-21)22(29)27-12-15-4-2-1-3-5-15/h1-7,10-11,13H,8-9,12,14H2,(H,25,26)(H,27,29). The van der Waals surface area contributed by atoms with E-state index in [1.165, 1.54) is 0 Å². The molecule has 29 heavy (non-hydrogen) atoms. The van der Waals surface area contributed by atoms with Crippen molar-refractivity contribution in [3.05, 3.63) is 87.5 Å². The fourth-order valence-corrected chi connectivity index (χ4v) is 3.67. The summed E-state index contributed by atoms with van der Waals surface area (Å²) in [6, 6.07) is 17.1. The molecule has 2 aromatic carbocycles. The van der Waals surface area contributed by atoms with Gasteiger partial charge in [0.15, 0.2) is 0 Å². The summed E-state index contributed by atoms with van der Waals surface area (Å²) >= 11 is 12.5. The molecule has 1 aromatic heterocycles. The maximum absolute atomic E-state index is 12.6. The zero-order valence-electron chi connectivity index (χ0n) is 15.7. The van der Waals surface area contributed by atoms with Crippen LogP contribution in [0, 0.1) is 0 Å². The summed E-state index contributed by atoms with van der Waals surface area (Å²) in [5.41, 5.74) is 3.38. The quantitative estimate of drug-likeness (QED) is 0.617. The van der Waals surface area contributed by atoms with Crippen molar-refractivity contribution in [3.8, 4) is 0 Å². The highest BCUT2D eigenvalue weighted by molar-refractivity contribution is 6.33. The van der Waals surface area contributed by atoms with Gasteiger partial charge in [-0.25, -0.2) is 4.98 Å². The number of aromatic nitrogens is 1. The van der Waals surface area contributed by atoms with Gasteiger partial charge in [0.1, 0.15) is 5.82 Å². The Balaban J connectivity index is 1.53. The Bertz CT molecular complexity index is 1030. The number of rotatable bonds is 5. The normalized spacial score (nSPS) is 12.8. The Hall–Kier alpha value is -2.76. The highest BCUT2D eigenvalue weighted by Crippen LogP contribution is 2.31. The van der Waals surface area contributed by atoms with Crippen LogP contribution in [0.25, 0.3) is 0 Å². The van der Waals surface area contributed by atoms with E-state index in [4.69, 9.17) is 23.2 Å². The van der Waals surface area contributed by atoms with E-state index < -0.39 is 0 Å². The average Bonchev–Trinajstić information content (AvgIpc) is 2.75. The summed E-state index contributed by atoms with van der Waals surface area (Å²) in [5.74, 6) is 0.601. The van der Waals surface area contributed by atoms with Crippen LogP contribution in [0.15, 0.2) is 60.8 Å². The van der Waals surface area contributed by atoms with Crippen LogP contribution in [0.2, 0.25) is 10.0 Å². The molecule has 7 heteroatoms. The van der Waals surface area contributed by atoms with Gasteiger partial charge in [-0.2, -0.15) is 0 Å². The Morgan fingerprint density at radius 3 is 2.79 bits per heavy atom. The van der Waals surface area contributed by atoms with Gasteiger partial charge in [0.05, 0.1) is 11.3 Å². The third-order valence-electron chi connectivity index (χ3n) is 4.81. The molecule has 3 aromatic rings. The SMILES string of the molecule is O=C(NCc1ccccc1)c1cnc2c(c1)N(Cc1cc(Cl)ccc1Cl)CCN2. The molecule has 0 spiro atoms. The monoisotopic (exact) mass is 426 g/mol. The Morgan fingerprint density at radius 2 is 1.97 bits per heavy atom.